The number of aromatic nitrogens is 2. The highest BCUT2D eigenvalue weighted by Gasteiger charge is 2.60. The van der Waals surface area contributed by atoms with Crippen molar-refractivity contribution in [3.63, 3.8) is 0 Å². The van der Waals surface area contributed by atoms with E-state index in [-0.39, 0.29) is 67.0 Å². The number of hydrogen-bond donors (Lipinski definition) is 1. The first-order chi connectivity index (χ1) is 20.7. The number of rotatable bonds is 12. The van der Waals surface area contributed by atoms with Gasteiger partial charge in [-0.2, -0.15) is 4.40 Å². The number of halogens is 2. The summed E-state index contributed by atoms with van der Waals surface area (Å²) in [5.41, 5.74) is 1.11. The van der Waals surface area contributed by atoms with Gasteiger partial charge in [0.25, 0.3) is 0 Å². The highest BCUT2D eigenvalue weighted by atomic mass is 35.5. The summed E-state index contributed by atoms with van der Waals surface area (Å²) in [5.74, 6) is -1.70. The van der Waals surface area contributed by atoms with Gasteiger partial charge >= 0.3 is 12.1 Å². The number of imidazole rings is 1. The molecule has 2 saturated heterocycles. The van der Waals surface area contributed by atoms with Gasteiger partial charge in [-0.05, 0) is 19.4 Å². The Balaban J connectivity index is 0.00000442. The van der Waals surface area contributed by atoms with Crippen LogP contribution in [0.15, 0.2) is 59.9 Å². The molecule has 2 aromatic rings. The van der Waals surface area contributed by atoms with Crippen LogP contribution in [0.3, 0.4) is 0 Å². The van der Waals surface area contributed by atoms with Gasteiger partial charge in [-0.1, -0.05) is 49.6 Å². The molecule has 2 aromatic heterocycles. The third-order valence-corrected chi connectivity index (χ3v) is 10.4. The molecule has 5 heterocycles. The highest BCUT2D eigenvalue weighted by Crippen LogP contribution is 2.52. The van der Waals surface area contributed by atoms with Gasteiger partial charge in [0.2, 0.25) is 17.1 Å². The monoisotopic (exact) mass is 666 g/mol. The molecule has 238 valence electrons. The smallest absolute Gasteiger partial charge is 0.410 e. The molecule has 0 spiro atoms. The number of amides is 2. The molecule has 2 amide bonds. The number of aryl methyl sites for hydroxylation is 1. The summed E-state index contributed by atoms with van der Waals surface area (Å²) in [5, 5.41) is 12.2. The number of thiazole rings is 1. The number of likely N-dealkylation sites (tertiary alicyclic amines) is 1. The molecule has 0 saturated carbocycles. The van der Waals surface area contributed by atoms with E-state index in [1.165, 1.54) is 28.8 Å². The number of carbonyl (C=O) groups is 3. The van der Waals surface area contributed by atoms with Crippen molar-refractivity contribution in [1.29, 1.82) is 0 Å². The van der Waals surface area contributed by atoms with Gasteiger partial charge in [0.15, 0.2) is 0 Å². The van der Waals surface area contributed by atoms with Crippen LogP contribution in [-0.4, -0.2) is 87.1 Å². The predicted octanol–water partition coefficient (Wildman–Crippen LogP) is 0.572. The van der Waals surface area contributed by atoms with Crippen LogP contribution in [0.5, 0.6) is 0 Å². The van der Waals surface area contributed by atoms with Gasteiger partial charge in [0.05, 0.1) is 24.1 Å². The molecule has 0 bridgehead atoms. The number of carbonyl (C=O) groups excluding carboxylic acids is 3. The zero-order valence-corrected chi connectivity index (χ0v) is 26.9. The van der Waals surface area contributed by atoms with Crippen molar-refractivity contribution in [2.24, 2.45) is 11.8 Å². The Morgan fingerprint density at radius 2 is 2.02 bits per heavy atom. The van der Waals surface area contributed by atoms with Gasteiger partial charge in [-0.15, -0.1) is 11.8 Å². The topological polar surface area (TPSA) is 105 Å². The Kier molecular flexibility index (Phi) is 11.0. The number of nitrogens with zero attached hydrogens (tertiary/aromatic N) is 4. The fraction of sp³-hybridized carbons (Fsp3) is 0.467. The van der Waals surface area contributed by atoms with Crippen molar-refractivity contribution in [2.75, 3.05) is 26.4 Å². The van der Waals surface area contributed by atoms with E-state index in [2.05, 4.69) is 13.2 Å². The van der Waals surface area contributed by atoms with Crippen molar-refractivity contribution >= 4 is 52.0 Å². The lowest BCUT2D eigenvalue weighted by Crippen LogP contribution is -3.00. The molecule has 0 aromatic carbocycles. The van der Waals surface area contributed by atoms with Crippen molar-refractivity contribution < 1.29 is 50.3 Å². The van der Waals surface area contributed by atoms with Gasteiger partial charge in [0.1, 0.15) is 44.0 Å². The first-order valence-electron chi connectivity index (χ1n) is 14.2. The fourth-order valence-corrected chi connectivity index (χ4v) is 8.45. The summed E-state index contributed by atoms with van der Waals surface area (Å²) < 4.78 is 27.4. The van der Waals surface area contributed by atoms with Gasteiger partial charge in [-0.3, -0.25) is 4.79 Å². The largest absolute Gasteiger partial charge is 1.00 e. The van der Waals surface area contributed by atoms with Crippen molar-refractivity contribution in [1.82, 2.24) is 14.2 Å². The molecule has 0 radical (unpaired) electrons. The Bertz CT molecular complexity index is 1490. The van der Waals surface area contributed by atoms with Crippen LogP contribution in [0.4, 0.5) is 9.18 Å². The zero-order chi connectivity index (χ0) is 30.8. The van der Waals surface area contributed by atoms with Crippen LogP contribution >= 0.6 is 23.1 Å². The maximum absolute atomic E-state index is 13.2. The maximum atomic E-state index is 13.2. The molecule has 0 aliphatic carbocycles. The van der Waals surface area contributed by atoms with Crippen molar-refractivity contribution in [3.8, 4) is 0 Å². The van der Waals surface area contributed by atoms with E-state index in [1.54, 1.807) is 27.7 Å². The molecule has 0 unspecified atom stereocenters. The van der Waals surface area contributed by atoms with E-state index in [4.69, 9.17) is 9.47 Å². The van der Waals surface area contributed by atoms with E-state index >= 15 is 0 Å². The fourth-order valence-electron chi connectivity index (χ4n) is 6.02. The van der Waals surface area contributed by atoms with Crippen LogP contribution in [0.25, 0.3) is 10.9 Å². The molecule has 1 N–H and O–H groups in total. The predicted molar refractivity (Wildman–Crippen MR) is 162 cm³/mol. The Morgan fingerprint density at radius 1 is 1.30 bits per heavy atom. The lowest BCUT2D eigenvalue weighted by molar-refractivity contribution is -0.695. The van der Waals surface area contributed by atoms with Crippen LogP contribution in [0.2, 0.25) is 0 Å². The third-order valence-electron chi connectivity index (χ3n) is 7.98. The van der Waals surface area contributed by atoms with E-state index in [1.807, 2.05) is 41.4 Å². The third kappa shape index (κ3) is 6.33. The molecule has 3 aliphatic heterocycles. The molecule has 5 rings (SSSR count). The number of ether oxygens (including phenoxy) is 2. The summed E-state index contributed by atoms with van der Waals surface area (Å²) in [6.07, 6.45) is 9.89. The van der Waals surface area contributed by atoms with Gasteiger partial charge in [-0.25, -0.2) is 18.5 Å². The molecule has 6 atom stereocenters. The summed E-state index contributed by atoms with van der Waals surface area (Å²) in [7, 11) is 0. The van der Waals surface area contributed by atoms with E-state index in [0.29, 0.717) is 17.9 Å². The minimum atomic E-state index is -0.850. The Hall–Kier alpha value is -3.13. The minimum Gasteiger partial charge on any atom is -1.00 e. The first kappa shape index (κ1) is 33.8. The quantitative estimate of drug-likeness (QED) is 0.153. The molecule has 10 nitrogen and oxygen atoms in total. The molecular weight excluding hydrogens is 631 g/mol. The van der Waals surface area contributed by atoms with Gasteiger partial charge in [0, 0.05) is 28.0 Å². The summed E-state index contributed by atoms with van der Waals surface area (Å²) >= 11 is 3.01. The number of aliphatic hydroxyl groups excluding tert-OH is 1. The van der Waals surface area contributed by atoms with Gasteiger partial charge < -0.3 is 36.8 Å². The van der Waals surface area contributed by atoms with Crippen LogP contribution in [0, 0.1) is 11.8 Å². The average Bonchev–Trinajstić information content (AvgIpc) is 3.72. The normalized spacial score (nSPS) is 25.2. The van der Waals surface area contributed by atoms with Crippen LogP contribution in [-0.2, 0) is 25.6 Å². The maximum Gasteiger partial charge on any atom is 0.410 e. The average molecular weight is 667 g/mol. The number of β-lactam (4-membered cyclic amide) rings is 1. The van der Waals surface area contributed by atoms with Crippen LogP contribution < -0.4 is 17.0 Å². The Labute approximate surface area is 269 Å². The number of thioether (sulfide) groups is 1. The second-order valence-corrected chi connectivity index (χ2v) is 13.0. The summed E-state index contributed by atoms with van der Waals surface area (Å²) in [4.78, 5) is 44.1. The molecule has 3 aliphatic rings. The van der Waals surface area contributed by atoms with Crippen LogP contribution in [0.1, 0.15) is 26.0 Å². The second kappa shape index (κ2) is 14.3. The molecule has 14 heteroatoms. The van der Waals surface area contributed by atoms with E-state index < -0.39 is 30.8 Å². The first-order valence-corrected chi connectivity index (χ1v) is 15.9. The SMILES string of the molecule is C=CCOC(=O)C1=C(S[C@H]2C[C@@H](/C=C\c3csc4c[n+](CCF)cn34)N(C(=O)OCC=C)C2)[C@H](C)[C@@H]2[C@@H]([C@@H](C)O)C(=O)N12.[Cl-]. The number of hydrogen-bond acceptors (Lipinski definition) is 8. The highest BCUT2D eigenvalue weighted by molar-refractivity contribution is 8.03. The number of alkyl halides is 1. The summed E-state index contributed by atoms with van der Waals surface area (Å²) in [6, 6.07) is -0.634. The molecule has 2 fully saturated rings. The lowest BCUT2D eigenvalue weighted by atomic mass is 9.79. The minimum absolute atomic E-state index is 0. The van der Waals surface area contributed by atoms with Crippen molar-refractivity contribution in [2.45, 2.75) is 50.3 Å². The van der Waals surface area contributed by atoms with E-state index in [9.17, 15) is 23.9 Å². The number of fused-ring (bicyclic) bond motifs is 2. The second-order valence-electron chi connectivity index (χ2n) is 10.8. The van der Waals surface area contributed by atoms with E-state index in [0.717, 1.165) is 10.5 Å². The zero-order valence-electron chi connectivity index (χ0n) is 24.5. The summed E-state index contributed by atoms with van der Waals surface area (Å²) in [6.45, 7) is 11.0. The standard InChI is InChI=1S/C30H36FN4O6S2.ClH/c1-5-11-40-29(38)26-27(18(3)25-24(19(4)36)28(37)35(25)26)43-22-13-20(33(14-22)30(39)41-12-6-2)7-8-21-16-42-23-15-32(10-9-31)17-34(21)23;/h5-8,15-20,22,24-25,36H,1-2,9-14H2,3-4H3;1H/q+1;/p-1/b8-7-;/t18-,19-,20-,22+,24-,25-;/m1./s1. The molecule has 44 heavy (non-hydrogen) atoms. The molecular formula is C30H36ClFN4O6S2. The van der Waals surface area contributed by atoms with Crippen molar-refractivity contribution in [3.05, 3.63) is 65.6 Å². The Morgan fingerprint density at radius 3 is 2.70 bits per heavy atom. The lowest BCUT2D eigenvalue weighted by Gasteiger charge is -2.46. The number of esters is 1. The number of aliphatic hydroxyl groups is 1.